The highest BCUT2D eigenvalue weighted by atomic mass is 16.5. The van der Waals surface area contributed by atoms with E-state index in [2.05, 4.69) is 40.1 Å². The lowest BCUT2D eigenvalue weighted by Crippen LogP contribution is -2.56. The number of ether oxygens (including phenoxy) is 1. The number of amides is 1. The zero-order valence-corrected chi connectivity index (χ0v) is 19.6. The molecule has 6 nitrogen and oxygen atoms in total. The first-order valence-corrected chi connectivity index (χ1v) is 11.8. The molecule has 3 fully saturated rings. The molecule has 0 saturated carbocycles. The van der Waals surface area contributed by atoms with E-state index in [0.29, 0.717) is 24.4 Å². The molecule has 1 amide bonds. The van der Waals surface area contributed by atoms with Crippen LogP contribution < -0.4 is 10.1 Å². The Balaban J connectivity index is 1.24. The summed E-state index contributed by atoms with van der Waals surface area (Å²) in [6.45, 7) is 4.87. The molecule has 0 radical (unpaired) electrons. The third-order valence-electron chi connectivity index (χ3n) is 7.37. The van der Waals surface area contributed by atoms with E-state index in [1.165, 1.54) is 17.7 Å². The van der Waals surface area contributed by atoms with Crippen molar-refractivity contribution >= 4 is 5.91 Å². The van der Waals surface area contributed by atoms with Crippen molar-refractivity contribution in [3.8, 4) is 17.0 Å². The van der Waals surface area contributed by atoms with Gasteiger partial charge in [0.1, 0.15) is 5.75 Å². The molecule has 1 unspecified atom stereocenters. The highest BCUT2D eigenvalue weighted by Gasteiger charge is 2.41. The summed E-state index contributed by atoms with van der Waals surface area (Å²) in [5, 5.41) is 7.98. The highest BCUT2D eigenvalue weighted by Crippen LogP contribution is 2.42. The maximum atomic E-state index is 12.6. The monoisotopic (exact) mass is 444 g/mol. The molecule has 4 atom stereocenters. The maximum absolute atomic E-state index is 12.6. The molecule has 2 aromatic carbocycles. The number of nitrogens with one attached hydrogen (secondary N) is 1. The lowest BCUT2D eigenvalue weighted by Gasteiger charge is -2.50. The zero-order chi connectivity index (χ0) is 22.9. The van der Waals surface area contributed by atoms with Crippen LogP contribution in [-0.2, 0) is 7.05 Å². The van der Waals surface area contributed by atoms with Gasteiger partial charge in [0.05, 0.1) is 12.8 Å². The van der Waals surface area contributed by atoms with Crippen LogP contribution in [0.25, 0.3) is 11.3 Å². The number of methoxy groups -OCH3 is 1. The second kappa shape index (κ2) is 9.02. The number of piperidine rings is 3. The molecular formula is C27H32N4O2. The van der Waals surface area contributed by atoms with Crippen molar-refractivity contribution in [3.05, 3.63) is 71.4 Å². The Bertz CT molecular complexity index is 1120. The van der Waals surface area contributed by atoms with E-state index in [9.17, 15) is 4.79 Å². The highest BCUT2D eigenvalue weighted by molar-refractivity contribution is 5.94. The second-order valence-corrected chi connectivity index (χ2v) is 9.42. The number of rotatable bonds is 6. The summed E-state index contributed by atoms with van der Waals surface area (Å²) in [5.41, 5.74) is 5.32. The molecule has 3 aromatic rings. The van der Waals surface area contributed by atoms with Gasteiger partial charge >= 0.3 is 0 Å². The normalized spacial score (nSPS) is 24.0. The molecule has 4 heterocycles. The predicted octanol–water partition coefficient (Wildman–Crippen LogP) is 4.01. The van der Waals surface area contributed by atoms with Crippen molar-refractivity contribution in [1.82, 2.24) is 20.0 Å². The Kier molecular flexibility index (Phi) is 5.94. The van der Waals surface area contributed by atoms with E-state index in [1.54, 1.807) is 7.11 Å². The van der Waals surface area contributed by atoms with E-state index in [0.717, 1.165) is 42.1 Å². The van der Waals surface area contributed by atoms with Crippen LogP contribution in [0.4, 0.5) is 0 Å². The van der Waals surface area contributed by atoms with Crippen LogP contribution >= 0.6 is 0 Å². The van der Waals surface area contributed by atoms with Crippen LogP contribution in [-0.4, -0.2) is 53.4 Å². The average molecular weight is 445 g/mol. The van der Waals surface area contributed by atoms with Gasteiger partial charge in [-0.05, 0) is 74.7 Å². The Morgan fingerprint density at radius 3 is 2.58 bits per heavy atom. The molecule has 6 heteroatoms. The Hall–Kier alpha value is -3.12. The number of benzene rings is 2. The number of fused-ring (bicyclic) bond motifs is 3. The number of hydrogen-bond acceptors (Lipinski definition) is 4. The number of aromatic nitrogens is 2. The van der Waals surface area contributed by atoms with Gasteiger partial charge in [0.25, 0.3) is 5.91 Å². The average Bonchev–Trinajstić information content (AvgIpc) is 3.24. The van der Waals surface area contributed by atoms with Gasteiger partial charge in [-0.25, -0.2) is 0 Å². The Labute approximate surface area is 195 Å². The molecule has 1 aromatic heterocycles. The Morgan fingerprint density at radius 2 is 1.91 bits per heavy atom. The minimum Gasteiger partial charge on any atom is -0.497 e. The molecule has 172 valence electrons. The SMILES string of the molecule is COc1ccc(-c2cc([C@H]3CN4CC[C@H]3C[C@@H]4CNC(=O)c3ccc(C)cc3)n(C)n2)cc1. The number of hydrogen-bond donors (Lipinski definition) is 1. The lowest BCUT2D eigenvalue weighted by molar-refractivity contribution is 0.0280. The Morgan fingerprint density at radius 1 is 1.15 bits per heavy atom. The second-order valence-electron chi connectivity index (χ2n) is 9.42. The standard InChI is InChI=1S/C27H32N4O2/c1-18-4-6-20(7-5-18)27(32)28-16-22-14-21-12-13-31(22)17-24(21)26-15-25(29-30(26)2)19-8-10-23(33-3)11-9-19/h4-11,15,21-22,24H,12-14,16-17H2,1-3H3,(H,28,32)/t21-,22+,24-/m0/s1. The molecule has 0 spiro atoms. The van der Waals surface area contributed by atoms with Gasteiger partial charge in [-0.2, -0.15) is 5.10 Å². The number of aryl methyl sites for hydroxylation is 2. The van der Waals surface area contributed by atoms with Gasteiger partial charge in [0.15, 0.2) is 0 Å². The fourth-order valence-electron chi connectivity index (χ4n) is 5.43. The fourth-order valence-corrected chi connectivity index (χ4v) is 5.43. The minimum absolute atomic E-state index is 0.0185. The van der Waals surface area contributed by atoms with E-state index in [-0.39, 0.29) is 5.91 Å². The minimum atomic E-state index is 0.0185. The summed E-state index contributed by atoms with van der Waals surface area (Å²) in [4.78, 5) is 15.1. The largest absolute Gasteiger partial charge is 0.497 e. The number of nitrogens with zero attached hydrogens (tertiary/aromatic N) is 3. The zero-order valence-electron chi connectivity index (χ0n) is 19.6. The first-order valence-electron chi connectivity index (χ1n) is 11.8. The van der Waals surface area contributed by atoms with Crippen LogP contribution in [0.2, 0.25) is 0 Å². The van der Waals surface area contributed by atoms with Crippen molar-refractivity contribution < 1.29 is 9.53 Å². The van der Waals surface area contributed by atoms with Crippen molar-refractivity contribution in [2.24, 2.45) is 13.0 Å². The van der Waals surface area contributed by atoms with Gasteiger partial charge in [-0.3, -0.25) is 14.4 Å². The van der Waals surface area contributed by atoms with Crippen molar-refractivity contribution in [2.75, 3.05) is 26.7 Å². The summed E-state index contributed by atoms with van der Waals surface area (Å²) in [6, 6.07) is 18.5. The van der Waals surface area contributed by atoms with E-state index in [1.807, 2.05) is 43.3 Å². The van der Waals surface area contributed by atoms with Crippen LogP contribution in [0.3, 0.4) is 0 Å². The van der Waals surface area contributed by atoms with Gasteiger partial charge in [-0.1, -0.05) is 17.7 Å². The van der Waals surface area contributed by atoms with E-state index >= 15 is 0 Å². The molecule has 2 bridgehead atoms. The summed E-state index contributed by atoms with van der Waals surface area (Å²) < 4.78 is 7.34. The van der Waals surface area contributed by atoms with Gasteiger partial charge in [0.2, 0.25) is 0 Å². The molecule has 1 N–H and O–H groups in total. The van der Waals surface area contributed by atoms with Crippen LogP contribution in [0.5, 0.6) is 5.75 Å². The van der Waals surface area contributed by atoms with Crippen molar-refractivity contribution in [2.45, 2.75) is 31.7 Å². The number of carbonyl (C=O) groups excluding carboxylic acids is 1. The first-order chi connectivity index (χ1) is 16.0. The molecule has 33 heavy (non-hydrogen) atoms. The van der Waals surface area contributed by atoms with Gasteiger partial charge in [-0.15, -0.1) is 0 Å². The lowest BCUT2D eigenvalue weighted by atomic mass is 9.74. The third kappa shape index (κ3) is 4.40. The van der Waals surface area contributed by atoms with Crippen LogP contribution in [0.15, 0.2) is 54.6 Å². The summed E-state index contributed by atoms with van der Waals surface area (Å²) in [7, 11) is 3.74. The maximum Gasteiger partial charge on any atom is 0.251 e. The smallest absolute Gasteiger partial charge is 0.251 e. The van der Waals surface area contributed by atoms with Gasteiger partial charge < -0.3 is 10.1 Å². The molecule has 0 aliphatic carbocycles. The molecule has 6 rings (SSSR count). The molecule has 3 saturated heterocycles. The van der Waals surface area contributed by atoms with E-state index < -0.39 is 0 Å². The fraction of sp³-hybridized carbons (Fsp3) is 0.407. The summed E-state index contributed by atoms with van der Waals surface area (Å²) >= 11 is 0. The number of carbonyl (C=O) groups is 1. The summed E-state index contributed by atoms with van der Waals surface area (Å²) in [5.74, 6) is 1.97. The van der Waals surface area contributed by atoms with Crippen LogP contribution in [0.1, 0.15) is 40.4 Å². The predicted molar refractivity (Wildman–Crippen MR) is 130 cm³/mol. The molecule has 3 aliphatic heterocycles. The van der Waals surface area contributed by atoms with Gasteiger partial charge in [0, 0.05) is 48.9 Å². The topological polar surface area (TPSA) is 59.4 Å². The van der Waals surface area contributed by atoms with Crippen LogP contribution in [0, 0.1) is 12.8 Å². The molecule has 3 aliphatic rings. The molecular weight excluding hydrogens is 412 g/mol. The first kappa shape index (κ1) is 21.7. The summed E-state index contributed by atoms with van der Waals surface area (Å²) in [6.07, 6.45) is 2.32. The van der Waals surface area contributed by atoms with Crippen molar-refractivity contribution in [1.29, 1.82) is 0 Å². The van der Waals surface area contributed by atoms with E-state index in [4.69, 9.17) is 9.84 Å². The van der Waals surface area contributed by atoms with Crippen molar-refractivity contribution in [3.63, 3.8) is 0 Å². The third-order valence-corrected chi connectivity index (χ3v) is 7.37. The quantitative estimate of drug-likeness (QED) is 0.624.